The molecule has 21 heavy (non-hydrogen) atoms. The highest BCUT2D eigenvalue weighted by Crippen LogP contribution is 2.46. The second-order valence-electron chi connectivity index (χ2n) is 6.22. The van der Waals surface area contributed by atoms with Gasteiger partial charge in [-0.15, -0.1) is 6.58 Å². The first-order valence-corrected chi connectivity index (χ1v) is 7.49. The quantitative estimate of drug-likeness (QED) is 0.621. The maximum Gasteiger partial charge on any atom is 0.255 e. The molecule has 0 saturated heterocycles. The third-order valence-electron chi connectivity index (χ3n) is 4.24. The van der Waals surface area contributed by atoms with Crippen LogP contribution in [0.1, 0.15) is 31.4 Å². The van der Waals surface area contributed by atoms with Crippen LogP contribution in [0.25, 0.3) is 5.57 Å². The summed E-state index contributed by atoms with van der Waals surface area (Å²) >= 11 is 5.45. The summed E-state index contributed by atoms with van der Waals surface area (Å²) in [7, 11) is 0. The Hall–Kier alpha value is -1.81. The van der Waals surface area contributed by atoms with Crippen LogP contribution in [0.3, 0.4) is 0 Å². The van der Waals surface area contributed by atoms with Crippen LogP contribution < -0.4 is 0 Å². The maximum absolute atomic E-state index is 12.9. The summed E-state index contributed by atoms with van der Waals surface area (Å²) in [5.41, 5.74) is 4.12. The average molecular weight is 298 g/mol. The van der Waals surface area contributed by atoms with Crippen molar-refractivity contribution in [2.45, 2.75) is 26.7 Å². The van der Waals surface area contributed by atoms with Crippen molar-refractivity contribution in [3.63, 3.8) is 0 Å². The molecule has 3 rings (SSSR count). The van der Waals surface area contributed by atoms with Crippen molar-refractivity contribution in [3.05, 3.63) is 47.8 Å². The molecular formula is C17H18N2OS. The van der Waals surface area contributed by atoms with Gasteiger partial charge in [0.15, 0.2) is 0 Å². The molecule has 0 atom stereocenters. The molecule has 2 aliphatic rings. The van der Waals surface area contributed by atoms with E-state index >= 15 is 0 Å². The van der Waals surface area contributed by atoms with E-state index in [4.69, 9.17) is 12.2 Å². The second-order valence-corrected chi connectivity index (χ2v) is 6.69. The first-order chi connectivity index (χ1) is 9.95. The number of amides is 1. The van der Waals surface area contributed by atoms with Gasteiger partial charge in [-0.25, -0.2) is 0 Å². The third-order valence-corrected chi connectivity index (χ3v) is 4.60. The fourth-order valence-corrected chi connectivity index (χ4v) is 3.68. The number of pyridine rings is 1. The van der Waals surface area contributed by atoms with Crippen LogP contribution in [0.2, 0.25) is 0 Å². The van der Waals surface area contributed by atoms with Crippen LogP contribution in [-0.4, -0.2) is 27.3 Å². The lowest BCUT2D eigenvalue weighted by molar-refractivity contribution is -0.124. The lowest BCUT2D eigenvalue weighted by atomic mass is 9.68. The van der Waals surface area contributed by atoms with E-state index in [2.05, 4.69) is 25.4 Å². The summed E-state index contributed by atoms with van der Waals surface area (Å²) in [4.78, 5) is 19.5. The third kappa shape index (κ3) is 2.14. The minimum atomic E-state index is -0.197. The first-order valence-electron chi connectivity index (χ1n) is 7.08. The number of nitrogens with zero attached hydrogens (tertiary/aromatic N) is 2. The predicted molar refractivity (Wildman–Crippen MR) is 87.8 cm³/mol. The molecular weight excluding hydrogens is 280 g/mol. The minimum absolute atomic E-state index is 0.0358. The normalized spacial score (nSPS) is 20.2. The Morgan fingerprint density at radius 2 is 2.29 bits per heavy atom. The van der Waals surface area contributed by atoms with Crippen LogP contribution in [0, 0.1) is 5.41 Å². The molecule has 3 nitrogen and oxygen atoms in total. The molecule has 0 bridgehead atoms. The smallest absolute Gasteiger partial charge is 0.255 e. The van der Waals surface area contributed by atoms with Crippen molar-refractivity contribution < 1.29 is 4.79 Å². The molecule has 0 saturated carbocycles. The topological polar surface area (TPSA) is 33.2 Å². The highest BCUT2D eigenvalue weighted by molar-refractivity contribution is 7.80. The highest BCUT2D eigenvalue weighted by atomic mass is 32.1. The monoisotopic (exact) mass is 298 g/mol. The fourth-order valence-electron chi connectivity index (χ4n) is 3.38. The van der Waals surface area contributed by atoms with E-state index in [-0.39, 0.29) is 11.3 Å². The molecule has 0 fully saturated rings. The Morgan fingerprint density at radius 1 is 1.52 bits per heavy atom. The molecule has 4 heteroatoms. The summed E-state index contributed by atoms with van der Waals surface area (Å²) in [5, 5.41) is 0. The van der Waals surface area contributed by atoms with Crippen LogP contribution in [0.4, 0.5) is 0 Å². The highest BCUT2D eigenvalue weighted by Gasteiger charge is 2.42. The Balaban J connectivity index is 2.20. The Kier molecular flexibility index (Phi) is 3.29. The Morgan fingerprint density at radius 3 is 3.00 bits per heavy atom. The van der Waals surface area contributed by atoms with Gasteiger partial charge in [0.2, 0.25) is 0 Å². The van der Waals surface area contributed by atoms with E-state index in [1.165, 1.54) is 5.56 Å². The van der Waals surface area contributed by atoms with Gasteiger partial charge < -0.3 is 0 Å². The van der Waals surface area contributed by atoms with E-state index in [1.54, 1.807) is 17.2 Å². The van der Waals surface area contributed by atoms with Gasteiger partial charge in [-0.1, -0.05) is 32.1 Å². The number of hydrogen-bond acceptors (Lipinski definition) is 3. The van der Waals surface area contributed by atoms with Crippen LogP contribution in [-0.2, 0) is 11.2 Å². The second kappa shape index (κ2) is 4.88. The number of carbonyl (C=O) groups excluding carboxylic acids is 1. The number of hydrogen-bond donors (Lipinski definition) is 0. The number of thiocarbonyl (C=S) groups is 1. The van der Waals surface area contributed by atoms with Crippen molar-refractivity contribution >= 4 is 28.7 Å². The molecule has 0 spiro atoms. The van der Waals surface area contributed by atoms with E-state index < -0.39 is 0 Å². The number of fused-ring (bicyclic) bond motifs is 2. The van der Waals surface area contributed by atoms with Gasteiger partial charge in [0, 0.05) is 30.9 Å². The lowest BCUT2D eigenvalue weighted by Gasteiger charge is -2.41. The molecule has 2 heterocycles. The van der Waals surface area contributed by atoms with E-state index in [0.29, 0.717) is 18.0 Å². The van der Waals surface area contributed by atoms with Gasteiger partial charge in [0.1, 0.15) is 0 Å². The summed E-state index contributed by atoms with van der Waals surface area (Å²) in [5.74, 6) is 0.0358. The van der Waals surface area contributed by atoms with Crippen LogP contribution >= 0.6 is 12.2 Å². The van der Waals surface area contributed by atoms with Crippen molar-refractivity contribution in [2.24, 2.45) is 5.41 Å². The minimum Gasteiger partial charge on any atom is -0.299 e. The molecule has 0 radical (unpaired) electrons. The molecule has 1 amide bonds. The van der Waals surface area contributed by atoms with Gasteiger partial charge in [0.25, 0.3) is 5.91 Å². The number of rotatable bonds is 2. The van der Waals surface area contributed by atoms with Crippen LogP contribution in [0.5, 0.6) is 0 Å². The van der Waals surface area contributed by atoms with Crippen molar-refractivity contribution in [1.82, 2.24) is 9.88 Å². The standard InChI is InChI=1S/C17H18N2OS/c1-4-7-19-14(21)8-13-12-5-6-18-10-11(12)9-17(2,3)15(13)16(19)20/h4-6,10H,1,7-9H2,2-3H3. The van der Waals surface area contributed by atoms with Gasteiger partial charge in [0.05, 0.1) is 4.99 Å². The molecule has 0 aromatic carbocycles. The van der Waals surface area contributed by atoms with E-state index in [9.17, 15) is 4.79 Å². The zero-order valence-electron chi connectivity index (χ0n) is 12.3. The molecule has 1 aromatic heterocycles. The zero-order valence-corrected chi connectivity index (χ0v) is 13.2. The van der Waals surface area contributed by atoms with Gasteiger partial charge >= 0.3 is 0 Å². The van der Waals surface area contributed by atoms with Crippen molar-refractivity contribution in [3.8, 4) is 0 Å². The lowest BCUT2D eigenvalue weighted by Crippen LogP contribution is -2.45. The molecule has 0 N–H and O–H groups in total. The fraction of sp³-hybridized carbons (Fsp3) is 0.353. The largest absolute Gasteiger partial charge is 0.299 e. The Bertz CT molecular complexity index is 688. The summed E-state index contributed by atoms with van der Waals surface area (Å²) in [6, 6.07) is 2.00. The van der Waals surface area contributed by atoms with Crippen LogP contribution in [0.15, 0.2) is 36.7 Å². The van der Waals surface area contributed by atoms with Gasteiger partial charge in [-0.05, 0) is 34.6 Å². The van der Waals surface area contributed by atoms with Crippen molar-refractivity contribution in [1.29, 1.82) is 0 Å². The van der Waals surface area contributed by atoms with E-state index in [0.717, 1.165) is 23.1 Å². The zero-order chi connectivity index (χ0) is 15.2. The summed E-state index contributed by atoms with van der Waals surface area (Å²) in [6.45, 7) is 8.45. The molecule has 108 valence electrons. The predicted octanol–water partition coefficient (Wildman–Crippen LogP) is 3.16. The SMILES string of the molecule is C=CCN1C(=O)C2=C(CC1=S)c1ccncc1CC2(C)C. The first kappa shape index (κ1) is 14.1. The maximum atomic E-state index is 12.9. The van der Waals surface area contributed by atoms with Crippen molar-refractivity contribution in [2.75, 3.05) is 6.54 Å². The van der Waals surface area contributed by atoms with Gasteiger partial charge in [-0.2, -0.15) is 0 Å². The summed E-state index contributed by atoms with van der Waals surface area (Å²) in [6.07, 6.45) is 6.89. The summed E-state index contributed by atoms with van der Waals surface area (Å²) < 4.78 is 0. The number of aromatic nitrogens is 1. The molecule has 1 aliphatic heterocycles. The molecule has 1 aliphatic carbocycles. The average Bonchev–Trinajstić information content (AvgIpc) is 2.42. The number of carbonyl (C=O) groups is 1. The molecule has 1 aromatic rings. The van der Waals surface area contributed by atoms with Gasteiger partial charge in [-0.3, -0.25) is 14.7 Å². The molecule has 0 unspecified atom stereocenters. The van der Waals surface area contributed by atoms with E-state index in [1.807, 2.05) is 12.3 Å². The Labute approximate surface area is 130 Å².